The molecule has 5 N–H and O–H groups in total. The summed E-state index contributed by atoms with van der Waals surface area (Å²) in [5.74, 6) is -1.99. The highest BCUT2D eigenvalue weighted by molar-refractivity contribution is 6.02. The van der Waals surface area contributed by atoms with Crippen LogP contribution in [0.1, 0.15) is 34.2 Å². The summed E-state index contributed by atoms with van der Waals surface area (Å²) in [6.45, 7) is 0.119. The van der Waals surface area contributed by atoms with Gasteiger partial charge in [-0.3, -0.25) is 9.59 Å². The van der Waals surface area contributed by atoms with E-state index < -0.39 is 41.3 Å². The van der Waals surface area contributed by atoms with Crippen LogP contribution in [0.25, 0.3) is 11.3 Å². The zero-order valence-corrected chi connectivity index (χ0v) is 21.1. The summed E-state index contributed by atoms with van der Waals surface area (Å²) in [6.07, 6.45) is -5.39. The zero-order chi connectivity index (χ0) is 29.0. The quantitative estimate of drug-likeness (QED) is 0.336. The molecule has 2 aliphatic heterocycles. The Kier molecular flexibility index (Phi) is 6.42. The molecule has 2 unspecified atom stereocenters. The molecule has 14 heteroatoms. The van der Waals surface area contributed by atoms with Gasteiger partial charge in [0.05, 0.1) is 31.3 Å². The molecule has 0 spiro atoms. The lowest BCUT2D eigenvalue weighted by molar-refractivity contribution is -0.265. The summed E-state index contributed by atoms with van der Waals surface area (Å²) >= 11 is 0. The number of benzene rings is 1. The number of anilines is 1. The van der Waals surface area contributed by atoms with Crippen LogP contribution in [0.15, 0.2) is 36.4 Å². The Hall–Kier alpha value is -4.30. The first-order chi connectivity index (χ1) is 18.7. The number of methoxy groups -OCH3 is 1. The molecule has 2 amide bonds. The first-order valence-corrected chi connectivity index (χ1v) is 11.9. The summed E-state index contributed by atoms with van der Waals surface area (Å²) in [7, 11) is 1.25. The van der Waals surface area contributed by atoms with Gasteiger partial charge in [-0.15, -0.1) is 0 Å². The number of aliphatic hydroxyl groups is 1. The van der Waals surface area contributed by atoms with Crippen molar-refractivity contribution in [2.24, 2.45) is 5.73 Å². The highest BCUT2D eigenvalue weighted by Crippen LogP contribution is 2.46. The fourth-order valence-corrected chi connectivity index (χ4v) is 4.52. The number of hydrogen-bond acceptors (Lipinski definition) is 8. The van der Waals surface area contributed by atoms with Crippen LogP contribution in [0.5, 0.6) is 11.6 Å². The Morgan fingerprint density at radius 2 is 1.95 bits per heavy atom. The fraction of sp³-hybridized carbons (Fsp3) is 0.308. The van der Waals surface area contributed by atoms with Crippen LogP contribution in [-0.2, 0) is 22.4 Å². The number of aromatic nitrogens is 2. The van der Waals surface area contributed by atoms with E-state index in [1.165, 1.54) is 32.2 Å². The molecule has 2 atom stereocenters. The second kappa shape index (κ2) is 9.41. The summed E-state index contributed by atoms with van der Waals surface area (Å²) in [5, 5.41) is 15.7. The number of rotatable bonds is 6. The summed E-state index contributed by atoms with van der Waals surface area (Å²) in [4.78, 5) is 32.7. The van der Waals surface area contributed by atoms with E-state index in [9.17, 15) is 32.3 Å². The third kappa shape index (κ3) is 4.58. The second-order valence-electron chi connectivity index (χ2n) is 9.76. The van der Waals surface area contributed by atoms with Crippen LogP contribution < -0.4 is 25.8 Å². The van der Waals surface area contributed by atoms with Crippen LogP contribution in [-0.4, -0.2) is 53.3 Å². The van der Waals surface area contributed by atoms with Crippen molar-refractivity contribution in [3.8, 4) is 22.9 Å². The molecule has 5 rings (SSSR count). The van der Waals surface area contributed by atoms with Gasteiger partial charge in [0.25, 0.3) is 5.91 Å². The van der Waals surface area contributed by atoms with Gasteiger partial charge in [-0.25, -0.2) is 14.4 Å². The Balaban J connectivity index is 1.54. The van der Waals surface area contributed by atoms with E-state index in [2.05, 4.69) is 20.6 Å². The first kappa shape index (κ1) is 27.3. The van der Waals surface area contributed by atoms with Crippen LogP contribution in [0.4, 0.5) is 23.2 Å². The maximum Gasteiger partial charge on any atom is 0.424 e. The van der Waals surface area contributed by atoms with Gasteiger partial charge in [-0.2, -0.15) is 13.2 Å². The lowest BCUT2D eigenvalue weighted by Gasteiger charge is -2.31. The number of ether oxygens (including phenoxy) is 2. The highest BCUT2D eigenvalue weighted by atomic mass is 19.4. The molecule has 0 saturated carbocycles. The van der Waals surface area contributed by atoms with Crippen molar-refractivity contribution < 1.29 is 41.7 Å². The number of nitrogens with one attached hydrogen (secondary N) is 2. The van der Waals surface area contributed by atoms with E-state index in [-0.39, 0.29) is 58.8 Å². The minimum absolute atomic E-state index is 0.0773. The SMILES string of the molecule is COc1nc(C(=O)NCC(O)(c2cc3c(c(-c4ccc(F)cc4)n2)OCC3(C)N)C(F)(F)F)cc2c1NC(=O)C2. The maximum absolute atomic E-state index is 14.5. The Morgan fingerprint density at radius 3 is 2.60 bits per heavy atom. The van der Waals surface area contributed by atoms with E-state index in [1.54, 1.807) is 0 Å². The second-order valence-corrected chi connectivity index (χ2v) is 9.76. The molecule has 0 radical (unpaired) electrons. The number of pyridine rings is 2. The van der Waals surface area contributed by atoms with Crippen molar-refractivity contribution in [1.82, 2.24) is 15.3 Å². The first-order valence-electron chi connectivity index (χ1n) is 11.9. The molecular weight excluding hydrogens is 538 g/mol. The standard InChI is InChI=1S/C26H23F4N5O5/c1-24(31)11-40-21-15(24)9-17(34-19(21)12-3-5-14(27)6-4-12)25(38,26(28,29)30)10-32-22(37)16-7-13-8-18(36)35-20(13)23(33-16)39-2/h3-7,9,38H,8,10-11,31H2,1-2H3,(H,32,37)(H,35,36). The van der Waals surface area contributed by atoms with E-state index in [1.807, 2.05) is 0 Å². The smallest absolute Gasteiger partial charge is 0.424 e. The molecule has 1 aromatic carbocycles. The van der Waals surface area contributed by atoms with Gasteiger partial charge in [0.15, 0.2) is 5.75 Å². The summed E-state index contributed by atoms with van der Waals surface area (Å²) in [6, 6.07) is 7.04. The number of amides is 2. The van der Waals surface area contributed by atoms with Crippen molar-refractivity contribution in [3.05, 3.63) is 64.7 Å². The van der Waals surface area contributed by atoms with Gasteiger partial charge >= 0.3 is 6.18 Å². The van der Waals surface area contributed by atoms with Crippen molar-refractivity contribution in [1.29, 1.82) is 0 Å². The van der Waals surface area contributed by atoms with Gasteiger partial charge in [0.2, 0.25) is 17.4 Å². The molecule has 10 nitrogen and oxygen atoms in total. The number of halogens is 4. The van der Waals surface area contributed by atoms with Crippen molar-refractivity contribution in [3.63, 3.8) is 0 Å². The van der Waals surface area contributed by atoms with Crippen molar-refractivity contribution >= 4 is 17.5 Å². The normalized spacial score (nSPS) is 19.2. The molecule has 3 aromatic rings. The lowest BCUT2D eigenvalue weighted by Crippen LogP contribution is -2.52. The van der Waals surface area contributed by atoms with Gasteiger partial charge in [0, 0.05) is 11.1 Å². The minimum Gasteiger partial charge on any atom is -0.489 e. The van der Waals surface area contributed by atoms with Crippen molar-refractivity contribution in [2.75, 3.05) is 25.6 Å². The summed E-state index contributed by atoms with van der Waals surface area (Å²) < 4.78 is 67.7. The number of carbonyl (C=O) groups excluding carboxylic acids is 2. The maximum atomic E-state index is 14.5. The van der Waals surface area contributed by atoms with E-state index in [4.69, 9.17) is 15.2 Å². The molecule has 40 heavy (non-hydrogen) atoms. The number of alkyl halides is 3. The molecule has 0 aliphatic carbocycles. The number of nitrogens with two attached hydrogens (primary N) is 1. The Morgan fingerprint density at radius 1 is 1.25 bits per heavy atom. The molecule has 2 aromatic heterocycles. The third-order valence-corrected chi connectivity index (χ3v) is 6.73. The average Bonchev–Trinajstić information content (AvgIpc) is 3.43. The lowest BCUT2D eigenvalue weighted by atomic mass is 9.89. The number of carbonyl (C=O) groups is 2. The number of hydrogen-bond donors (Lipinski definition) is 4. The Labute approximate surface area is 224 Å². The van der Waals surface area contributed by atoms with E-state index in [0.717, 1.165) is 18.2 Å². The molecular formula is C26H23F4N5O5. The van der Waals surface area contributed by atoms with Gasteiger partial charge in [0.1, 0.15) is 29.5 Å². The molecule has 0 bridgehead atoms. The predicted molar refractivity (Wildman–Crippen MR) is 132 cm³/mol. The molecule has 2 aliphatic rings. The average molecular weight is 561 g/mol. The monoisotopic (exact) mass is 561 g/mol. The molecule has 0 saturated heterocycles. The summed E-state index contributed by atoms with van der Waals surface area (Å²) in [5.41, 5.74) is 1.11. The predicted octanol–water partition coefficient (Wildman–Crippen LogP) is 2.53. The Bertz CT molecular complexity index is 1530. The number of fused-ring (bicyclic) bond motifs is 2. The van der Waals surface area contributed by atoms with Crippen LogP contribution in [0, 0.1) is 5.82 Å². The topological polar surface area (TPSA) is 149 Å². The van der Waals surface area contributed by atoms with Crippen LogP contribution in [0.3, 0.4) is 0 Å². The van der Waals surface area contributed by atoms with Gasteiger partial charge in [-0.05, 0) is 48.9 Å². The van der Waals surface area contributed by atoms with Crippen molar-refractivity contribution in [2.45, 2.75) is 30.7 Å². The van der Waals surface area contributed by atoms with Crippen LogP contribution >= 0.6 is 0 Å². The fourth-order valence-electron chi connectivity index (χ4n) is 4.52. The van der Waals surface area contributed by atoms with Crippen LogP contribution in [0.2, 0.25) is 0 Å². The third-order valence-electron chi connectivity index (χ3n) is 6.73. The van der Waals surface area contributed by atoms with Gasteiger partial charge < -0.3 is 30.9 Å². The van der Waals surface area contributed by atoms with E-state index >= 15 is 0 Å². The van der Waals surface area contributed by atoms with Gasteiger partial charge in [-0.1, -0.05) is 0 Å². The number of nitrogens with zero attached hydrogens (tertiary/aromatic N) is 2. The molecule has 0 fully saturated rings. The highest BCUT2D eigenvalue weighted by Gasteiger charge is 2.57. The molecule has 210 valence electrons. The minimum atomic E-state index is -5.31. The molecule has 4 heterocycles. The van der Waals surface area contributed by atoms with E-state index in [0.29, 0.717) is 5.56 Å². The zero-order valence-electron chi connectivity index (χ0n) is 21.1. The largest absolute Gasteiger partial charge is 0.489 e.